The quantitative estimate of drug-likeness (QED) is 0.752. The molecule has 1 aromatic carbocycles. The van der Waals surface area contributed by atoms with Crippen LogP contribution < -0.4 is 10.5 Å². The number of methoxy groups -OCH3 is 1. The molecule has 0 radical (unpaired) electrons. The van der Waals surface area contributed by atoms with E-state index in [4.69, 9.17) is 27.7 Å². The maximum absolute atomic E-state index is 5.78. The van der Waals surface area contributed by atoms with Crippen molar-refractivity contribution in [3.63, 3.8) is 0 Å². The summed E-state index contributed by atoms with van der Waals surface area (Å²) >= 11 is 5.11. The third-order valence-electron chi connectivity index (χ3n) is 3.58. The number of para-hydroxylation sites is 1. The molecule has 0 aliphatic heterocycles. The number of imidazole rings is 1. The van der Waals surface area contributed by atoms with E-state index in [1.54, 1.807) is 7.11 Å². The van der Waals surface area contributed by atoms with E-state index in [0.717, 1.165) is 33.9 Å². The monoisotopic (exact) mass is 311 g/mol. The molecule has 0 aliphatic carbocycles. The van der Waals surface area contributed by atoms with Crippen LogP contribution in [0.3, 0.4) is 0 Å². The number of fused-ring (bicyclic) bond motifs is 1. The number of ether oxygens (including phenoxy) is 1. The van der Waals surface area contributed by atoms with Gasteiger partial charge in [0.2, 0.25) is 0 Å². The Morgan fingerprint density at radius 1 is 1.32 bits per heavy atom. The first-order valence-corrected chi connectivity index (χ1v) is 7.40. The number of hydrogen-bond acceptors (Lipinski definition) is 3. The summed E-state index contributed by atoms with van der Waals surface area (Å²) in [4.78, 5) is 5.22. The lowest BCUT2D eigenvalue weighted by molar-refractivity contribution is 0.416. The molecule has 0 spiro atoms. The van der Waals surface area contributed by atoms with E-state index in [1.807, 2.05) is 53.9 Å². The van der Waals surface area contributed by atoms with Crippen LogP contribution >= 0.6 is 12.2 Å². The van der Waals surface area contributed by atoms with Crippen LogP contribution in [0.2, 0.25) is 0 Å². The van der Waals surface area contributed by atoms with E-state index in [2.05, 4.69) is 0 Å². The zero-order chi connectivity index (χ0) is 15.7. The van der Waals surface area contributed by atoms with Crippen molar-refractivity contribution in [3.8, 4) is 17.0 Å². The number of pyridine rings is 1. The summed E-state index contributed by atoms with van der Waals surface area (Å²) in [5.41, 5.74) is 10.6. The predicted octanol–water partition coefficient (Wildman–Crippen LogP) is 3.15. The number of aryl methyl sites for hydroxylation is 1. The maximum Gasteiger partial charge on any atom is 0.137 e. The topological polar surface area (TPSA) is 52.5 Å². The molecule has 22 heavy (non-hydrogen) atoms. The predicted molar refractivity (Wildman–Crippen MR) is 92.4 cm³/mol. The second-order valence-corrected chi connectivity index (χ2v) is 5.71. The Hall–Kier alpha value is -2.40. The molecule has 4 nitrogen and oxygen atoms in total. The van der Waals surface area contributed by atoms with Crippen molar-refractivity contribution >= 4 is 22.9 Å². The SMILES string of the molecule is COc1ccccc1-c1nc2cc(C)ccn2c1CC(N)=S. The van der Waals surface area contributed by atoms with Crippen LogP contribution in [0.1, 0.15) is 11.3 Å². The van der Waals surface area contributed by atoms with Gasteiger partial charge in [0.15, 0.2) is 0 Å². The molecule has 2 heterocycles. The highest BCUT2D eigenvalue weighted by atomic mass is 32.1. The fraction of sp³-hybridized carbons (Fsp3) is 0.176. The first-order valence-electron chi connectivity index (χ1n) is 6.99. The van der Waals surface area contributed by atoms with E-state index < -0.39 is 0 Å². The lowest BCUT2D eigenvalue weighted by atomic mass is 10.1. The zero-order valence-electron chi connectivity index (χ0n) is 12.5. The van der Waals surface area contributed by atoms with Gasteiger partial charge in [0.05, 0.1) is 23.5 Å². The molecule has 3 aromatic rings. The van der Waals surface area contributed by atoms with Gasteiger partial charge in [-0.05, 0) is 36.8 Å². The Kier molecular flexibility index (Phi) is 3.81. The fourth-order valence-corrected chi connectivity index (χ4v) is 2.72. The second kappa shape index (κ2) is 5.77. The minimum absolute atomic E-state index is 0.443. The summed E-state index contributed by atoms with van der Waals surface area (Å²) in [6.07, 6.45) is 2.50. The molecule has 2 N–H and O–H groups in total. The van der Waals surface area contributed by atoms with Gasteiger partial charge in [-0.2, -0.15) is 0 Å². The van der Waals surface area contributed by atoms with Gasteiger partial charge in [-0.15, -0.1) is 0 Å². The molecule has 0 amide bonds. The summed E-state index contributed by atoms with van der Waals surface area (Å²) in [5.74, 6) is 0.784. The minimum Gasteiger partial charge on any atom is -0.496 e. The molecule has 0 saturated heterocycles. The van der Waals surface area contributed by atoms with Crippen LogP contribution in [0, 0.1) is 6.92 Å². The Morgan fingerprint density at radius 3 is 2.82 bits per heavy atom. The Balaban J connectivity index is 2.29. The number of nitrogens with zero attached hydrogens (tertiary/aromatic N) is 2. The Morgan fingerprint density at radius 2 is 2.09 bits per heavy atom. The number of thiocarbonyl (C=S) groups is 1. The molecule has 0 fully saturated rings. The molecular weight excluding hydrogens is 294 g/mol. The number of aromatic nitrogens is 2. The van der Waals surface area contributed by atoms with Gasteiger partial charge in [-0.1, -0.05) is 24.4 Å². The summed E-state index contributed by atoms with van der Waals surface area (Å²) < 4.78 is 7.50. The van der Waals surface area contributed by atoms with Gasteiger partial charge in [-0.25, -0.2) is 4.98 Å². The van der Waals surface area contributed by atoms with Gasteiger partial charge in [0.25, 0.3) is 0 Å². The van der Waals surface area contributed by atoms with Gasteiger partial charge >= 0.3 is 0 Å². The molecule has 112 valence electrons. The van der Waals surface area contributed by atoms with Crippen molar-refractivity contribution in [2.75, 3.05) is 7.11 Å². The summed E-state index contributed by atoms with van der Waals surface area (Å²) in [5, 5.41) is 0. The Bertz CT molecular complexity index is 854. The lowest BCUT2D eigenvalue weighted by Gasteiger charge is -2.08. The van der Waals surface area contributed by atoms with Crippen molar-refractivity contribution in [2.24, 2.45) is 5.73 Å². The molecule has 0 atom stereocenters. The van der Waals surface area contributed by atoms with Gasteiger partial charge < -0.3 is 14.9 Å². The molecule has 5 heteroatoms. The average molecular weight is 311 g/mol. The first kappa shape index (κ1) is 14.5. The van der Waals surface area contributed by atoms with Crippen molar-refractivity contribution in [1.29, 1.82) is 0 Å². The average Bonchev–Trinajstić information content (AvgIpc) is 2.84. The molecule has 3 rings (SSSR count). The highest BCUT2D eigenvalue weighted by Gasteiger charge is 2.17. The number of benzene rings is 1. The van der Waals surface area contributed by atoms with Crippen LogP contribution in [-0.4, -0.2) is 21.5 Å². The largest absolute Gasteiger partial charge is 0.496 e. The van der Waals surface area contributed by atoms with Crippen LogP contribution in [0.4, 0.5) is 0 Å². The zero-order valence-corrected chi connectivity index (χ0v) is 13.4. The van der Waals surface area contributed by atoms with E-state index >= 15 is 0 Å². The van der Waals surface area contributed by atoms with E-state index in [-0.39, 0.29) is 0 Å². The molecule has 0 aliphatic rings. The number of nitrogens with two attached hydrogens (primary N) is 1. The summed E-state index contributed by atoms with van der Waals surface area (Å²) in [6.45, 7) is 2.05. The van der Waals surface area contributed by atoms with Gasteiger partial charge in [-0.3, -0.25) is 0 Å². The molecule has 0 bridgehead atoms. The van der Waals surface area contributed by atoms with Crippen LogP contribution in [0.15, 0.2) is 42.6 Å². The summed E-state index contributed by atoms with van der Waals surface area (Å²) in [6, 6.07) is 11.9. The first-order chi connectivity index (χ1) is 10.6. The third-order valence-corrected chi connectivity index (χ3v) is 3.73. The normalized spacial score (nSPS) is 10.8. The molecule has 2 aromatic heterocycles. The van der Waals surface area contributed by atoms with Crippen LogP contribution in [-0.2, 0) is 6.42 Å². The van der Waals surface area contributed by atoms with Crippen molar-refractivity contribution in [2.45, 2.75) is 13.3 Å². The molecule has 0 saturated carbocycles. The van der Waals surface area contributed by atoms with Crippen LogP contribution in [0.5, 0.6) is 5.75 Å². The van der Waals surface area contributed by atoms with E-state index in [1.165, 1.54) is 0 Å². The maximum atomic E-state index is 5.78. The standard InChI is InChI=1S/C17H17N3OS/c1-11-7-8-20-13(10-15(18)22)17(19-16(20)9-11)12-5-3-4-6-14(12)21-2/h3-9H,10H2,1-2H3,(H2,18,22). The lowest BCUT2D eigenvalue weighted by Crippen LogP contribution is -2.13. The number of hydrogen-bond donors (Lipinski definition) is 1. The van der Waals surface area contributed by atoms with E-state index in [9.17, 15) is 0 Å². The van der Waals surface area contributed by atoms with Crippen molar-refractivity contribution < 1.29 is 4.74 Å². The summed E-state index contributed by atoms with van der Waals surface area (Å²) in [7, 11) is 1.66. The second-order valence-electron chi connectivity index (χ2n) is 5.18. The van der Waals surface area contributed by atoms with Crippen LogP contribution in [0.25, 0.3) is 16.9 Å². The van der Waals surface area contributed by atoms with Gasteiger partial charge in [0.1, 0.15) is 11.4 Å². The number of rotatable bonds is 4. The van der Waals surface area contributed by atoms with E-state index in [0.29, 0.717) is 11.4 Å². The highest BCUT2D eigenvalue weighted by molar-refractivity contribution is 7.80. The minimum atomic E-state index is 0.443. The third kappa shape index (κ3) is 2.55. The molecule has 0 unspecified atom stereocenters. The Labute approximate surface area is 134 Å². The van der Waals surface area contributed by atoms with Gasteiger partial charge in [0, 0.05) is 18.2 Å². The van der Waals surface area contributed by atoms with Crippen molar-refractivity contribution in [3.05, 3.63) is 53.9 Å². The van der Waals surface area contributed by atoms with Crippen molar-refractivity contribution in [1.82, 2.24) is 9.38 Å². The fourth-order valence-electron chi connectivity index (χ4n) is 2.59. The molecular formula is C17H17N3OS. The highest BCUT2D eigenvalue weighted by Crippen LogP contribution is 2.32. The smallest absolute Gasteiger partial charge is 0.137 e.